The van der Waals surface area contributed by atoms with Gasteiger partial charge in [0.1, 0.15) is 11.6 Å². The van der Waals surface area contributed by atoms with Crippen LogP contribution in [0.15, 0.2) is 67.0 Å². The number of nitrogens with zero attached hydrogens (tertiary/aromatic N) is 2. The van der Waals surface area contributed by atoms with Gasteiger partial charge in [-0.05, 0) is 42.2 Å². The van der Waals surface area contributed by atoms with Crippen molar-refractivity contribution in [3.05, 3.63) is 95.3 Å². The first kappa shape index (κ1) is 17.4. The lowest BCUT2D eigenvalue weighted by Gasteiger charge is -2.19. The third kappa shape index (κ3) is 3.61. The van der Waals surface area contributed by atoms with Gasteiger partial charge in [0.2, 0.25) is 0 Å². The van der Waals surface area contributed by atoms with Crippen molar-refractivity contribution in [2.24, 2.45) is 7.05 Å². The highest BCUT2D eigenvalue weighted by atomic mass is 19.1. The minimum absolute atomic E-state index is 0.201. The van der Waals surface area contributed by atoms with Crippen LogP contribution in [0.4, 0.5) is 8.78 Å². The highest BCUT2D eigenvalue weighted by Crippen LogP contribution is 2.34. The van der Waals surface area contributed by atoms with Gasteiger partial charge in [0.05, 0.1) is 6.20 Å². The summed E-state index contributed by atoms with van der Waals surface area (Å²) in [6.45, 7) is 2.00. The Morgan fingerprint density at radius 2 is 1.93 bits per heavy atom. The molecule has 2 aromatic carbocycles. The van der Waals surface area contributed by atoms with Crippen molar-refractivity contribution in [1.82, 2.24) is 9.78 Å². The molecule has 0 radical (unpaired) electrons. The monoisotopic (exact) mass is 362 g/mol. The lowest BCUT2D eigenvalue weighted by Crippen LogP contribution is -2.00. The smallest absolute Gasteiger partial charge is 0.133 e. The molecule has 1 aromatic heterocycles. The van der Waals surface area contributed by atoms with Crippen molar-refractivity contribution < 1.29 is 8.78 Å². The SMILES string of the molecule is Cc1cc(-c2ccc(F)cc2F)cc(C2C=C(c3cnn(C)c3)C=CC2)c1. The van der Waals surface area contributed by atoms with Gasteiger partial charge in [-0.25, -0.2) is 8.78 Å². The Kier molecular flexibility index (Phi) is 4.48. The van der Waals surface area contributed by atoms with Crippen molar-refractivity contribution in [1.29, 1.82) is 0 Å². The molecule has 0 saturated carbocycles. The number of benzene rings is 2. The van der Waals surface area contributed by atoms with Gasteiger partial charge in [-0.3, -0.25) is 4.68 Å². The van der Waals surface area contributed by atoms with Crippen molar-refractivity contribution >= 4 is 5.57 Å². The molecular weight excluding hydrogens is 342 g/mol. The molecule has 0 N–H and O–H groups in total. The summed E-state index contributed by atoms with van der Waals surface area (Å²) < 4.78 is 29.3. The molecule has 1 aliphatic carbocycles. The topological polar surface area (TPSA) is 17.8 Å². The Morgan fingerprint density at radius 3 is 2.67 bits per heavy atom. The molecule has 1 heterocycles. The number of hydrogen-bond donors (Lipinski definition) is 0. The molecule has 0 aliphatic heterocycles. The van der Waals surface area contributed by atoms with E-state index in [0.717, 1.165) is 40.3 Å². The third-order valence-corrected chi connectivity index (χ3v) is 4.88. The minimum Gasteiger partial charge on any atom is -0.275 e. The van der Waals surface area contributed by atoms with Crippen LogP contribution in [0, 0.1) is 18.6 Å². The second-order valence-electron chi connectivity index (χ2n) is 7.03. The summed E-state index contributed by atoms with van der Waals surface area (Å²) in [5.74, 6) is -0.903. The fraction of sp³-hybridized carbons (Fsp3) is 0.174. The Balaban J connectivity index is 1.73. The van der Waals surface area contributed by atoms with Crippen molar-refractivity contribution in [2.75, 3.05) is 0 Å². The van der Waals surface area contributed by atoms with E-state index in [1.807, 2.05) is 38.5 Å². The molecule has 4 rings (SSSR count). The van der Waals surface area contributed by atoms with E-state index < -0.39 is 11.6 Å². The summed E-state index contributed by atoms with van der Waals surface area (Å²) in [6.07, 6.45) is 11.2. The van der Waals surface area contributed by atoms with Gasteiger partial charge in [0, 0.05) is 36.4 Å². The van der Waals surface area contributed by atoms with Crippen molar-refractivity contribution in [2.45, 2.75) is 19.3 Å². The normalized spacial score (nSPS) is 16.4. The van der Waals surface area contributed by atoms with Crippen LogP contribution < -0.4 is 0 Å². The van der Waals surface area contributed by atoms with Gasteiger partial charge in [0.25, 0.3) is 0 Å². The van der Waals surface area contributed by atoms with E-state index in [1.54, 1.807) is 4.68 Å². The number of rotatable bonds is 3. The summed E-state index contributed by atoms with van der Waals surface area (Å²) in [4.78, 5) is 0. The molecule has 1 atom stereocenters. The molecule has 1 unspecified atom stereocenters. The fourth-order valence-electron chi connectivity index (χ4n) is 3.58. The molecule has 3 aromatic rings. The Morgan fingerprint density at radius 1 is 1.07 bits per heavy atom. The fourth-order valence-corrected chi connectivity index (χ4v) is 3.58. The maximum Gasteiger partial charge on any atom is 0.133 e. The first-order valence-electron chi connectivity index (χ1n) is 8.94. The number of aryl methyl sites for hydroxylation is 2. The van der Waals surface area contributed by atoms with Crippen LogP contribution in [-0.2, 0) is 7.05 Å². The maximum atomic E-state index is 14.3. The van der Waals surface area contributed by atoms with E-state index in [9.17, 15) is 8.78 Å². The Bertz CT molecular complexity index is 1060. The van der Waals surface area contributed by atoms with Gasteiger partial charge < -0.3 is 0 Å². The molecule has 0 fully saturated rings. The van der Waals surface area contributed by atoms with E-state index in [0.29, 0.717) is 5.56 Å². The van der Waals surface area contributed by atoms with E-state index >= 15 is 0 Å². The second-order valence-corrected chi connectivity index (χ2v) is 7.03. The molecule has 2 nitrogen and oxygen atoms in total. The van der Waals surface area contributed by atoms with Gasteiger partial charge in [0.15, 0.2) is 0 Å². The lowest BCUT2D eigenvalue weighted by molar-refractivity contribution is 0.585. The molecule has 0 amide bonds. The molecule has 136 valence electrons. The summed E-state index contributed by atoms with van der Waals surface area (Å²) >= 11 is 0. The van der Waals surface area contributed by atoms with Crippen LogP contribution >= 0.6 is 0 Å². The largest absolute Gasteiger partial charge is 0.275 e. The second kappa shape index (κ2) is 6.95. The van der Waals surface area contributed by atoms with Crippen molar-refractivity contribution in [3.8, 4) is 11.1 Å². The predicted molar refractivity (Wildman–Crippen MR) is 104 cm³/mol. The summed E-state index contributed by atoms with van der Waals surface area (Å²) in [5, 5.41) is 4.24. The quantitative estimate of drug-likeness (QED) is 0.576. The minimum atomic E-state index is -0.564. The van der Waals surface area contributed by atoms with Crippen LogP contribution in [0.5, 0.6) is 0 Å². The highest BCUT2D eigenvalue weighted by molar-refractivity contribution is 5.75. The molecule has 4 heteroatoms. The molecule has 1 aliphatic rings. The number of hydrogen-bond acceptors (Lipinski definition) is 1. The summed E-state index contributed by atoms with van der Waals surface area (Å²) in [5.41, 5.74) is 5.58. The molecular formula is C23H20F2N2. The summed E-state index contributed by atoms with van der Waals surface area (Å²) in [7, 11) is 1.90. The first-order chi connectivity index (χ1) is 13.0. The van der Waals surface area contributed by atoms with Crippen LogP contribution in [0.2, 0.25) is 0 Å². The zero-order valence-electron chi connectivity index (χ0n) is 15.3. The number of halogens is 2. The molecule has 0 saturated heterocycles. The molecule has 27 heavy (non-hydrogen) atoms. The van der Waals surface area contributed by atoms with Crippen molar-refractivity contribution in [3.63, 3.8) is 0 Å². The zero-order valence-corrected chi connectivity index (χ0v) is 15.3. The van der Waals surface area contributed by atoms with E-state index in [2.05, 4.69) is 29.4 Å². The average Bonchev–Trinajstić information content (AvgIpc) is 3.08. The predicted octanol–water partition coefficient (Wildman–Crippen LogP) is 5.80. The Hall–Kier alpha value is -3.01. The molecule has 0 bridgehead atoms. The van der Waals surface area contributed by atoms with Gasteiger partial charge in [-0.1, -0.05) is 42.0 Å². The maximum absolute atomic E-state index is 14.3. The third-order valence-electron chi connectivity index (χ3n) is 4.88. The van der Waals surface area contributed by atoms with Gasteiger partial charge in [-0.2, -0.15) is 5.10 Å². The highest BCUT2D eigenvalue weighted by Gasteiger charge is 2.16. The van der Waals surface area contributed by atoms with Crippen LogP contribution in [-0.4, -0.2) is 9.78 Å². The van der Waals surface area contributed by atoms with E-state index in [-0.39, 0.29) is 5.92 Å². The number of allylic oxidation sites excluding steroid dienone is 4. The van der Waals surface area contributed by atoms with Gasteiger partial charge >= 0.3 is 0 Å². The van der Waals surface area contributed by atoms with Gasteiger partial charge in [-0.15, -0.1) is 0 Å². The average molecular weight is 362 g/mol. The number of aromatic nitrogens is 2. The zero-order chi connectivity index (χ0) is 19.0. The standard InChI is InChI=1S/C23H20F2N2/c1-15-8-18(11-19(9-15)22-7-6-21(24)12-23(22)25)16-4-3-5-17(10-16)20-13-26-27(2)14-20/h3,5-14,16H,4H2,1-2H3. The van der Waals surface area contributed by atoms with E-state index in [4.69, 9.17) is 0 Å². The van der Waals surface area contributed by atoms with Crippen LogP contribution in [0.3, 0.4) is 0 Å². The van der Waals surface area contributed by atoms with Crippen LogP contribution in [0.25, 0.3) is 16.7 Å². The van der Waals surface area contributed by atoms with E-state index in [1.165, 1.54) is 12.1 Å². The molecule has 0 spiro atoms. The summed E-state index contributed by atoms with van der Waals surface area (Å²) in [6, 6.07) is 9.80. The lowest BCUT2D eigenvalue weighted by atomic mass is 9.86. The first-order valence-corrected chi connectivity index (χ1v) is 8.94. The Labute approximate surface area is 157 Å². The van der Waals surface area contributed by atoms with Crippen LogP contribution in [0.1, 0.15) is 29.0 Å².